The van der Waals surface area contributed by atoms with Gasteiger partial charge < -0.3 is 33.7 Å². The zero-order valence-electron chi connectivity index (χ0n) is 73.2. The quantitative estimate of drug-likeness (QED) is 0.152. The van der Waals surface area contributed by atoms with E-state index in [0.29, 0.717) is 52.9 Å². The molecule has 632 valence electrons. The summed E-state index contributed by atoms with van der Waals surface area (Å²) >= 11 is 7.48. The number of H-pyrrole nitrogens is 2. The van der Waals surface area contributed by atoms with E-state index in [-0.39, 0.29) is 6.04 Å². The van der Waals surface area contributed by atoms with Gasteiger partial charge in [0.2, 0.25) is 0 Å². The van der Waals surface area contributed by atoms with E-state index < -0.39 is 10.8 Å². The minimum atomic E-state index is -0.500. The molecule has 31 aromatic carbocycles. The van der Waals surface area contributed by atoms with E-state index in [1.807, 2.05) is 11.3 Å². The molecule has 1 atom stereocenters. The number of aromatic nitrogens is 4. The average molecular weight is 1830 g/mol. The molecule has 0 saturated carbocycles. The van der Waals surface area contributed by atoms with Gasteiger partial charge in [0, 0.05) is 92.3 Å². The van der Waals surface area contributed by atoms with E-state index in [9.17, 15) is 0 Å². The van der Waals surface area contributed by atoms with Crippen molar-refractivity contribution in [2.24, 2.45) is 0 Å². The Hall–Kier alpha value is -15.0. The second kappa shape index (κ2) is 19.9. The minimum absolute atomic E-state index is 0.0151. The number of likely N-dealkylation sites (N-methyl/N-ethyl adjacent to an activating group) is 1. The molecule has 7 aromatic heterocycles. The number of hydrogen-bond donors (Lipinski definition) is 2. The zero-order chi connectivity index (χ0) is 87.1. The van der Waals surface area contributed by atoms with Gasteiger partial charge in [0.05, 0.1) is 89.0 Å². The second-order valence-electron chi connectivity index (χ2n) is 42.9. The van der Waals surface area contributed by atoms with Gasteiger partial charge in [0.25, 0.3) is 0 Å². The maximum absolute atomic E-state index is 7.26. The molecule has 1 unspecified atom stereocenters. The Morgan fingerprint density at radius 2 is 0.532 bits per heavy atom. The van der Waals surface area contributed by atoms with Crippen LogP contribution >= 0.6 is 45.3 Å². The van der Waals surface area contributed by atoms with E-state index in [2.05, 4.69) is 209 Å². The molecular formula is C125H53N5O5S4. The standard InChI is InChI=1S/C125H53N5O5S4/c1-130-39-124-117-109-101-91-81-73-65-63-64-67-71-69(65)77-85-79(71)89-83-75(67)76-68(64)72-70-66(63)74(73)82-88-78(70)86-80(72)90-84(76)94-93(83)105-99(89)107-97(85)103(95(101)87(77)81)111(117)113(107)119-115(105)116-106(94)100(90)108-98(86)104-96(88)102(92(82)91)110(109)118(124)112(104)114(108)120(116)125(119,124)123(130)56-28-26-54(137-56)58-38-52-122(139-58)121-51(134-35-33-132-31-29-131-30-32-133-34-36-135-52)37-57(138-121)53-25-27-55(136-53)62-49-23-21-47(128-49)60(41-13-7-3-8-14-41)45-19-17-43(126-45)59(40-11-5-2-6-12-40)44-18-20-46(127-44)61(42-15-9-4-10-16-42)48-22-24-50(62)129-48/h2-28,37-38,123,126,129H,29-36,39H2,1H3. The van der Waals surface area contributed by atoms with Gasteiger partial charge in [0.15, 0.2) is 0 Å². The number of likely N-dealkylation sites (tertiary alicyclic amines) is 1. The Bertz CT molecular complexity index is 12100. The molecule has 46 rings (SSSR count). The van der Waals surface area contributed by atoms with Gasteiger partial charge in [-0.15, -0.1) is 45.3 Å². The Kier molecular flexibility index (Phi) is 9.52. The molecule has 0 radical (unpaired) electrons. The van der Waals surface area contributed by atoms with Crippen molar-refractivity contribution in [1.29, 1.82) is 0 Å². The molecule has 1 fully saturated rings. The Labute approximate surface area is 794 Å². The highest BCUT2D eigenvalue weighted by molar-refractivity contribution is 7.29. The van der Waals surface area contributed by atoms with Gasteiger partial charge in [0.1, 0.15) is 24.7 Å². The van der Waals surface area contributed by atoms with Crippen LogP contribution in [0.2, 0.25) is 0 Å². The van der Waals surface area contributed by atoms with Crippen LogP contribution in [0.15, 0.2) is 152 Å². The normalized spacial score (nSPS) is 19.4. The lowest BCUT2D eigenvalue weighted by Crippen LogP contribution is -2.51. The molecule has 1 saturated heterocycles. The molecular weight excluding hydrogens is 1780 g/mol. The van der Waals surface area contributed by atoms with Gasteiger partial charge >= 0.3 is 0 Å². The van der Waals surface area contributed by atoms with Crippen molar-refractivity contribution in [3.8, 4) is 84.6 Å². The molecule has 10 nitrogen and oxygen atoms in total. The number of ether oxygens (including phenoxy) is 5. The summed E-state index contributed by atoms with van der Waals surface area (Å²) in [5.74, 6) is 1.64. The first-order chi connectivity index (χ1) is 69.0. The van der Waals surface area contributed by atoms with E-state index in [0.717, 1.165) is 126 Å². The van der Waals surface area contributed by atoms with Crippen LogP contribution in [0.1, 0.15) is 55.9 Å². The molecule has 8 aliphatic rings. The predicted octanol–water partition coefficient (Wildman–Crippen LogP) is 32.7. The number of aromatic amines is 2. The lowest BCUT2D eigenvalue weighted by atomic mass is 9.48. The molecule has 139 heavy (non-hydrogen) atoms. The maximum atomic E-state index is 7.26. The highest BCUT2D eigenvalue weighted by atomic mass is 32.1. The van der Waals surface area contributed by atoms with Crippen LogP contribution in [-0.2, 0) is 25.0 Å². The van der Waals surface area contributed by atoms with Gasteiger partial charge in [-0.3, -0.25) is 4.90 Å². The summed E-state index contributed by atoms with van der Waals surface area (Å²) in [4.78, 5) is 31.6. The van der Waals surface area contributed by atoms with Crippen molar-refractivity contribution in [2.75, 3.05) is 66.4 Å². The van der Waals surface area contributed by atoms with Gasteiger partial charge in [-0.05, 0) is 410 Å². The van der Waals surface area contributed by atoms with Crippen molar-refractivity contribution in [1.82, 2.24) is 24.8 Å². The number of nitrogens with one attached hydrogen (secondary N) is 2. The lowest BCUT2D eigenvalue weighted by molar-refractivity contribution is 0.00522. The van der Waals surface area contributed by atoms with Crippen molar-refractivity contribution in [2.45, 2.75) is 16.9 Å². The van der Waals surface area contributed by atoms with Crippen LogP contribution in [0.5, 0.6) is 11.5 Å². The SMILES string of the molecule is CN1CC23c4c5c6c7c8c9c(c%10c%11c2c2c4c4c%12c5c5c6c6c8c8c%13c9c9c%10c%10c%11c%11c2c2c4c4c%12c%12c5c5c6c8c6c8c%13c9c9c%10c%10c%11c2c2c4c4c%12c5c6c5c8c9c%10c2c45)C73C1c1ccc(-c2cc3c(s2)-c2sc(-c4ccc(-c5c6nc(c(-c7ccccc7)c7ccc([nH]7)c(-c7ccccc7)c7nc(c(-c8ccccc8)c8ccc5[nH]8)C=C7)C=C6)s4)cc2OCCOCCOCCOCCO3)s1. The van der Waals surface area contributed by atoms with E-state index in [4.69, 9.17) is 33.7 Å². The molecule has 11 heterocycles. The van der Waals surface area contributed by atoms with Crippen LogP contribution < -0.4 is 9.47 Å². The summed E-state index contributed by atoms with van der Waals surface area (Å²) < 4.78 is 33.1. The number of hydrogen-bond acceptors (Lipinski definition) is 12. The Morgan fingerprint density at radius 1 is 0.266 bits per heavy atom. The second-order valence-corrected chi connectivity index (χ2v) is 47.2. The first-order valence-corrected chi connectivity index (χ1v) is 52.6. The molecule has 4 aliphatic heterocycles. The monoisotopic (exact) mass is 1830 g/mol. The summed E-state index contributed by atoms with van der Waals surface area (Å²) in [5, 5.41) is 88.1. The Balaban J connectivity index is 0.517. The van der Waals surface area contributed by atoms with Crippen molar-refractivity contribution in [3.63, 3.8) is 0 Å². The van der Waals surface area contributed by atoms with Gasteiger partial charge in [-0.1, -0.05) is 91.0 Å². The zero-order valence-corrected chi connectivity index (χ0v) is 76.5. The molecule has 14 heteroatoms. The van der Waals surface area contributed by atoms with Crippen molar-refractivity contribution in [3.05, 3.63) is 202 Å². The number of nitrogens with zero attached hydrogens (tertiary/aromatic N) is 3. The number of benzene rings is 21. The number of thiophene rings is 4. The molecule has 8 bridgehead atoms. The van der Waals surface area contributed by atoms with Crippen LogP contribution in [0.25, 0.3) is 410 Å². The summed E-state index contributed by atoms with van der Waals surface area (Å²) in [7, 11) is 2.60. The highest BCUT2D eigenvalue weighted by Gasteiger charge is 2.76. The topological polar surface area (TPSA) is 107 Å². The van der Waals surface area contributed by atoms with Crippen LogP contribution in [0.4, 0.5) is 0 Å². The summed E-state index contributed by atoms with van der Waals surface area (Å²) in [6.07, 6.45) is 8.76. The van der Waals surface area contributed by atoms with Gasteiger partial charge in [-0.2, -0.15) is 0 Å². The third-order valence-corrected chi connectivity index (χ3v) is 43.4. The molecule has 0 amide bonds. The smallest absolute Gasteiger partial charge is 0.139 e. The number of rotatable bonds is 7. The fraction of sp³-hybridized carbons (Fsp3) is 0.104. The van der Waals surface area contributed by atoms with Gasteiger partial charge in [-0.25, -0.2) is 9.97 Å². The fourth-order valence-corrected chi connectivity index (χ4v) is 40.2. The highest BCUT2D eigenvalue weighted by Crippen LogP contribution is 2.88. The third-order valence-electron chi connectivity index (χ3n) is 38.4. The van der Waals surface area contributed by atoms with Crippen molar-refractivity contribution >= 4 is 383 Å². The van der Waals surface area contributed by atoms with Crippen LogP contribution in [-0.4, -0.2) is 91.3 Å². The summed E-state index contributed by atoms with van der Waals surface area (Å²) in [6, 6.07) is 55.3. The molecule has 2 spiro atoms. The summed E-state index contributed by atoms with van der Waals surface area (Å²) in [5.41, 5.74) is 20.5. The third kappa shape index (κ3) is 5.84. The predicted molar refractivity (Wildman–Crippen MR) is 581 cm³/mol. The number of fused-ring (bicyclic) bond motifs is 11. The molecule has 4 aliphatic carbocycles. The van der Waals surface area contributed by atoms with E-state index in [1.165, 1.54) is 14.6 Å². The minimum Gasteiger partial charge on any atom is -0.490 e. The van der Waals surface area contributed by atoms with E-state index >= 15 is 0 Å². The Morgan fingerprint density at radius 3 is 0.856 bits per heavy atom. The fourth-order valence-electron chi connectivity index (χ4n) is 35.4. The van der Waals surface area contributed by atoms with Crippen LogP contribution in [0, 0.1) is 0 Å². The van der Waals surface area contributed by atoms with E-state index in [1.54, 1.807) is 336 Å². The van der Waals surface area contributed by atoms with Crippen molar-refractivity contribution < 1.29 is 23.7 Å². The lowest BCUT2D eigenvalue weighted by Gasteiger charge is -2.52. The largest absolute Gasteiger partial charge is 0.490 e. The molecule has 2 N–H and O–H groups in total. The molecule has 38 aromatic rings. The average Bonchev–Trinajstić information content (AvgIpc) is 1.38. The first kappa shape index (κ1) is 66.4. The first-order valence-electron chi connectivity index (χ1n) is 49.3. The van der Waals surface area contributed by atoms with Crippen LogP contribution in [0.3, 0.4) is 0 Å². The summed E-state index contributed by atoms with van der Waals surface area (Å²) in [6.45, 7) is 4.35. The maximum Gasteiger partial charge on any atom is 0.139 e.